The van der Waals surface area contributed by atoms with Crippen molar-refractivity contribution in [3.63, 3.8) is 0 Å². The van der Waals surface area contributed by atoms with Crippen LogP contribution in [0.1, 0.15) is 126 Å². The van der Waals surface area contributed by atoms with Crippen molar-refractivity contribution in [2.75, 3.05) is 0 Å². The van der Waals surface area contributed by atoms with Crippen LogP contribution in [0.3, 0.4) is 0 Å². The van der Waals surface area contributed by atoms with Crippen LogP contribution in [0.5, 0.6) is 5.75 Å². The van der Waals surface area contributed by atoms with E-state index in [0.29, 0.717) is 23.6 Å². The van der Waals surface area contributed by atoms with Crippen LogP contribution < -0.4 is 0 Å². The van der Waals surface area contributed by atoms with Gasteiger partial charge in [0.1, 0.15) is 5.75 Å². The van der Waals surface area contributed by atoms with Crippen LogP contribution in [0, 0.1) is 30.6 Å². The zero-order valence-electron chi connectivity index (χ0n) is 21.2. The highest BCUT2D eigenvalue weighted by molar-refractivity contribution is 6.06. The second-order valence-electron chi connectivity index (χ2n) is 12.5. The van der Waals surface area contributed by atoms with Gasteiger partial charge in [0.25, 0.3) is 0 Å². The normalized spacial score (nSPS) is 36.2. The maximum Gasteiger partial charge on any atom is 0.128 e. The summed E-state index contributed by atoms with van der Waals surface area (Å²) in [6, 6.07) is 2.95. The zero-order chi connectivity index (χ0) is 22.6. The molecule has 5 atom stereocenters. The Kier molecular flexibility index (Phi) is 5.96. The van der Waals surface area contributed by atoms with Crippen molar-refractivity contribution in [1.29, 1.82) is 0 Å². The SMILES string of the molecule is Cc1cc2c(c(O)c1C(C)C)C(=NC1CC1CC1CCCCC1)CC1C(C)CCCC21C. The molecule has 5 rings (SSSR count). The van der Waals surface area contributed by atoms with Crippen molar-refractivity contribution in [3.8, 4) is 5.75 Å². The molecule has 0 aliphatic heterocycles. The number of aryl methyl sites for hydroxylation is 1. The number of rotatable bonds is 4. The summed E-state index contributed by atoms with van der Waals surface area (Å²) in [4.78, 5) is 5.44. The fraction of sp³-hybridized carbons (Fsp3) is 0.767. The lowest BCUT2D eigenvalue weighted by Crippen LogP contribution is -2.45. The van der Waals surface area contributed by atoms with Gasteiger partial charge >= 0.3 is 0 Å². The molecule has 5 unspecified atom stereocenters. The van der Waals surface area contributed by atoms with Crippen molar-refractivity contribution < 1.29 is 5.11 Å². The second kappa shape index (κ2) is 8.48. The molecular weight excluding hydrogens is 390 g/mol. The molecule has 2 nitrogen and oxygen atoms in total. The molecule has 0 bridgehead atoms. The van der Waals surface area contributed by atoms with E-state index in [-0.39, 0.29) is 5.41 Å². The molecule has 4 aliphatic carbocycles. The Labute approximate surface area is 196 Å². The van der Waals surface area contributed by atoms with Gasteiger partial charge in [0.2, 0.25) is 0 Å². The highest BCUT2D eigenvalue weighted by Crippen LogP contribution is 2.55. The lowest BCUT2D eigenvalue weighted by atomic mass is 9.54. The average Bonchev–Trinajstić information content (AvgIpc) is 3.47. The third-order valence-electron chi connectivity index (χ3n) is 9.87. The molecule has 0 amide bonds. The molecule has 1 N–H and O–H groups in total. The Hall–Kier alpha value is -1.31. The lowest BCUT2D eigenvalue weighted by molar-refractivity contribution is 0.139. The van der Waals surface area contributed by atoms with Gasteiger partial charge in [-0.05, 0) is 78.7 Å². The third kappa shape index (κ3) is 3.84. The molecule has 0 aromatic heterocycles. The summed E-state index contributed by atoms with van der Waals surface area (Å²) in [5.74, 6) is 4.01. The smallest absolute Gasteiger partial charge is 0.128 e. The van der Waals surface area contributed by atoms with Gasteiger partial charge in [-0.1, -0.05) is 78.7 Å². The van der Waals surface area contributed by atoms with Gasteiger partial charge in [0, 0.05) is 16.8 Å². The summed E-state index contributed by atoms with van der Waals surface area (Å²) in [5, 5.41) is 11.6. The molecule has 176 valence electrons. The summed E-state index contributed by atoms with van der Waals surface area (Å²) in [6.07, 6.45) is 14.8. The molecule has 1 aromatic rings. The first-order chi connectivity index (χ1) is 15.3. The molecule has 32 heavy (non-hydrogen) atoms. The van der Waals surface area contributed by atoms with E-state index in [1.807, 2.05) is 0 Å². The molecule has 4 aliphatic rings. The van der Waals surface area contributed by atoms with Gasteiger partial charge in [-0.15, -0.1) is 0 Å². The minimum absolute atomic E-state index is 0.175. The molecule has 3 fully saturated rings. The Balaban J connectivity index is 1.51. The van der Waals surface area contributed by atoms with Crippen LogP contribution in [-0.2, 0) is 5.41 Å². The van der Waals surface area contributed by atoms with Crippen molar-refractivity contribution in [2.45, 2.75) is 123 Å². The molecule has 3 saturated carbocycles. The summed E-state index contributed by atoms with van der Waals surface area (Å²) in [7, 11) is 0. The Morgan fingerprint density at radius 3 is 2.59 bits per heavy atom. The van der Waals surface area contributed by atoms with Crippen molar-refractivity contribution >= 4 is 5.71 Å². The number of fused-ring (bicyclic) bond motifs is 3. The first-order valence-corrected chi connectivity index (χ1v) is 13.7. The molecule has 0 saturated heterocycles. The fourth-order valence-electron chi connectivity index (χ4n) is 7.98. The summed E-state index contributed by atoms with van der Waals surface area (Å²) in [5.41, 5.74) is 6.36. The maximum atomic E-state index is 11.6. The number of hydrogen-bond donors (Lipinski definition) is 1. The van der Waals surface area contributed by atoms with Gasteiger partial charge in [-0.2, -0.15) is 0 Å². The van der Waals surface area contributed by atoms with E-state index in [2.05, 4.69) is 40.7 Å². The Bertz CT molecular complexity index is 893. The molecular formula is C30H45NO. The highest BCUT2D eigenvalue weighted by Gasteiger charge is 2.49. The fourth-order valence-corrected chi connectivity index (χ4v) is 7.98. The minimum Gasteiger partial charge on any atom is -0.507 e. The van der Waals surface area contributed by atoms with Crippen LogP contribution in [0.25, 0.3) is 0 Å². The predicted molar refractivity (Wildman–Crippen MR) is 135 cm³/mol. The van der Waals surface area contributed by atoms with Crippen molar-refractivity contribution in [3.05, 3.63) is 28.3 Å². The molecule has 0 radical (unpaired) electrons. The van der Waals surface area contributed by atoms with Gasteiger partial charge in [-0.25, -0.2) is 0 Å². The number of benzene rings is 1. The van der Waals surface area contributed by atoms with Crippen LogP contribution in [0.15, 0.2) is 11.1 Å². The topological polar surface area (TPSA) is 32.6 Å². The van der Waals surface area contributed by atoms with Crippen LogP contribution in [0.4, 0.5) is 0 Å². The van der Waals surface area contributed by atoms with E-state index in [0.717, 1.165) is 35.3 Å². The van der Waals surface area contributed by atoms with Crippen molar-refractivity contribution in [2.24, 2.45) is 28.7 Å². The number of phenolic OH excluding ortho intramolecular Hbond substituents is 1. The first kappa shape index (κ1) is 22.5. The van der Waals surface area contributed by atoms with Gasteiger partial charge in [0.15, 0.2) is 0 Å². The van der Waals surface area contributed by atoms with E-state index >= 15 is 0 Å². The molecule has 0 heterocycles. The molecule has 0 spiro atoms. The number of hydrogen-bond acceptors (Lipinski definition) is 2. The van der Waals surface area contributed by atoms with Crippen LogP contribution >= 0.6 is 0 Å². The monoisotopic (exact) mass is 435 g/mol. The second-order valence-corrected chi connectivity index (χ2v) is 12.5. The highest BCUT2D eigenvalue weighted by atomic mass is 16.3. The van der Waals surface area contributed by atoms with E-state index in [4.69, 9.17) is 4.99 Å². The van der Waals surface area contributed by atoms with Crippen LogP contribution in [0.2, 0.25) is 0 Å². The summed E-state index contributed by atoms with van der Waals surface area (Å²) < 4.78 is 0. The quantitative estimate of drug-likeness (QED) is 0.509. The van der Waals surface area contributed by atoms with Crippen molar-refractivity contribution in [1.82, 2.24) is 0 Å². The predicted octanol–water partition coefficient (Wildman–Crippen LogP) is 8.07. The Morgan fingerprint density at radius 1 is 1.12 bits per heavy atom. The third-order valence-corrected chi connectivity index (χ3v) is 9.87. The minimum atomic E-state index is 0.175. The first-order valence-electron chi connectivity index (χ1n) is 13.7. The van der Waals surface area contributed by atoms with E-state index in [9.17, 15) is 5.11 Å². The lowest BCUT2D eigenvalue weighted by Gasteiger charge is -2.50. The average molecular weight is 436 g/mol. The zero-order valence-corrected chi connectivity index (χ0v) is 21.2. The van der Waals surface area contributed by atoms with E-state index < -0.39 is 0 Å². The van der Waals surface area contributed by atoms with E-state index in [1.165, 1.54) is 81.0 Å². The number of nitrogens with zero attached hydrogens (tertiary/aromatic N) is 1. The van der Waals surface area contributed by atoms with Crippen LogP contribution in [-0.4, -0.2) is 16.9 Å². The Morgan fingerprint density at radius 2 is 1.88 bits per heavy atom. The standard InChI is InChI=1S/C30H45NO/c1-18(2)27-20(4)14-24-28(29(27)32)26(17-23-19(3)10-9-13-30(23,24)5)31-25-16-22(25)15-21-11-7-6-8-12-21/h14,18-19,21-23,25,32H,6-13,15-17H2,1-5H3. The van der Waals surface area contributed by atoms with E-state index in [1.54, 1.807) is 0 Å². The number of aromatic hydroxyl groups is 1. The van der Waals surface area contributed by atoms with Gasteiger partial charge in [-0.3, -0.25) is 4.99 Å². The maximum absolute atomic E-state index is 11.6. The largest absolute Gasteiger partial charge is 0.507 e. The molecule has 2 heteroatoms. The summed E-state index contributed by atoms with van der Waals surface area (Å²) in [6.45, 7) is 11.6. The van der Waals surface area contributed by atoms with Gasteiger partial charge in [0.05, 0.1) is 6.04 Å². The molecule has 1 aromatic carbocycles. The summed E-state index contributed by atoms with van der Waals surface area (Å²) >= 11 is 0. The van der Waals surface area contributed by atoms with Gasteiger partial charge < -0.3 is 5.11 Å². The number of aliphatic imine (C=N–C) groups is 1. The number of phenols is 1.